The number of thiophene rings is 1. The van der Waals surface area contributed by atoms with Crippen LogP contribution in [0.25, 0.3) is 10.4 Å². The van der Waals surface area contributed by atoms with E-state index in [1.165, 1.54) is 31.5 Å². The standard InChI is InChI=1S/C18H20N2OS.ClH/c21-18(19-15-12-20-10-8-13(15)9-11-20)17-7-6-16(22-17)14-4-2-1-3-5-14;/h1-7,13,15H,8-12H2,(H,19,21);1H/t15-;/m0./s1. The van der Waals surface area contributed by atoms with Crippen LogP contribution >= 0.6 is 23.7 Å². The Kier molecular flexibility index (Phi) is 5.05. The van der Waals surface area contributed by atoms with Gasteiger partial charge in [0.25, 0.3) is 5.91 Å². The van der Waals surface area contributed by atoms with Gasteiger partial charge in [-0.3, -0.25) is 4.79 Å². The second kappa shape index (κ2) is 7.04. The first-order chi connectivity index (χ1) is 10.8. The summed E-state index contributed by atoms with van der Waals surface area (Å²) in [7, 11) is 0. The molecule has 122 valence electrons. The van der Waals surface area contributed by atoms with Gasteiger partial charge in [-0.15, -0.1) is 23.7 Å². The molecule has 1 atom stereocenters. The lowest BCUT2D eigenvalue weighted by atomic mass is 9.84. The average Bonchev–Trinajstić information content (AvgIpc) is 3.07. The lowest BCUT2D eigenvalue weighted by molar-refractivity contribution is 0.0622. The summed E-state index contributed by atoms with van der Waals surface area (Å²) in [5.41, 5.74) is 1.18. The van der Waals surface area contributed by atoms with E-state index in [2.05, 4.69) is 22.3 Å². The van der Waals surface area contributed by atoms with Crippen LogP contribution < -0.4 is 5.32 Å². The van der Waals surface area contributed by atoms with Crippen LogP contribution in [0.5, 0.6) is 0 Å². The number of carbonyl (C=O) groups excluding carboxylic acids is 1. The molecular weight excluding hydrogens is 328 g/mol. The molecule has 1 N–H and O–H groups in total. The zero-order valence-corrected chi connectivity index (χ0v) is 14.5. The first-order valence-corrected chi connectivity index (χ1v) is 8.80. The largest absolute Gasteiger partial charge is 0.347 e. The molecule has 3 fully saturated rings. The maximum Gasteiger partial charge on any atom is 0.261 e. The third-order valence-corrected chi connectivity index (χ3v) is 5.99. The summed E-state index contributed by atoms with van der Waals surface area (Å²) in [6.45, 7) is 3.43. The Hall–Kier alpha value is -1.36. The SMILES string of the molecule is Cl.O=C(N[C@H]1CN2CCC1CC2)c1ccc(-c2ccccc2)s1. The molecule has 1 aromatic carbocycles. The van der Waals surface area contributed by atoms with Gasteiger partial charge in [-0.1, -0.05) is 30.3 Å². The van der Waals surface area contributed by atoms with E-state index in [1.807, 2.05) is 30.3 Å². The topological polar surface area (TPSA) is 32.3 Å². The molecule has 3 aliphatic heterocycles. The zero-order chi connectivity index (χ0) is 14.9. The van der Waals surface area contributed by atoms with Gasteiger partial charge in [0.15, 0.2) is 0 Å². The third kappa shape index (κ3) is 3.44. The van der Waals surface area contributed by atoms with Crippen LogP contribution in [-0.2, 0) is 0 Å². The van der Waals surface area contributed by atoms with E-state index in [-0.39, 0.29) is 18.3 Å². The maximum atomic E-state index is 12.5. The van der Waals surface area contributed by atoms with Crippen molar-refractivity contribution in [2.24, 2.45) is 5.92 Å². The van der Waals surface area contributed by atoms with Gasteiger partial charge in [0.2, 0.25) is 0 Å². The first kappa shape index (κ1) is 16.5. The quantitative estimate of drug-likeness (QED) is 0.918. The van der Waals surface area contributed by atoms with Gasteiger partial charge in [0.05, 0.1) is 4.88 Å². The predicted octanol–water partition coefficient (Wildman–Crippen LogP) is 3.66. The van der Waals surface area contributed by atoms with Crippen molar-refractivity contribution >= 4 is 29.7 Å². The molecular formula is C18H21ClN2OS. The fourth-order valence-corrected chi connectivity index (χ4v) is 4.50. The van der Waals surface area contributed by atoms with Crippen LogP contribution in [0.1, 0.15) is 22.5 Å². The number of rotatable bonds is 3. The van der Waals surface area contributed by atoms with E-state index in [0.717, 1.165) is 16.3 Å². The highest BCUT2D eigenvalue weighted by Crippen LogP contribution is 2.30. The number of nitrogens with zero attached hydrogens (tertiary/aromatic N) is 1. The lowest BCUT2D eigenvalue weighted by Gasteiger charge is -2.44. The summed E-state index contributed by atoms with van der Waals surface area (Å²) in [4.78, 5) is 16.9. The van der Waals surface area contributed by atoms with Crippen molar-refractivity contribution in [2.45, 2.75) is 18.9 Å². The fourth-order valence-electron chi connectivity index (χ4n) is 3.59. The van der Waals surface area contributed by atoms with E-state index in [4.69, 9.17) is 0 Å². The van der Waals surface area contributed by atoms with Crippen molar-refractivity contribution in [1.29, 1.82) is 0 Å². The maximum absolute atomic E-state index is 12.5. The summed E-state index contributed by atoms with van der Waals surface area (Å²) in [6, 6.07) is 14.6. The van der Waals surface area contributed by atoms with E-state index in [9.17, 15) is 4.79 Å². The minimum atomic E-state index is 0. The van der Waals surface area contributed by atoms with Gasteiger partial charge >= 0.3 is 0 Å². The second-order valence-electron chi connectivity index (χ2n) is 6.25. The molecule has 5 rings (SSSR count). The van der Waals surface area contributed by atoms with Gasteiger partial charge < -0.3 is 10.2 Å². The van der Waals surface area contributed by atoms with Gasteiger partial charge in [-0.25, -0.2) is 0 Å². The molecule has 0 spiro atoms. The molecule has 0 unspecified atom stereocenters. The van der Waals surface area contributed by atoms with Crippen LogP contribution in [0, 0.1) is 5.92 Å². The van der Waals surface area contributed by atoms with Gasteiger partial charge in [0, 0.05) is 17.5 Å². The molecule has 2 aromatic rings. The van der Waals surface area contributed by atoms with Crippen molar-refractivity contribution in [3.05, 3.63) is 47.3 Å². The van der Waals surface area contributed by atoms with E-state index in [0.29, 0.717) is 12.0 Å². The smallest absolute Gasteiger partial charge is 0.261 e. The molecule has 4 heterocycles. The molecule has 1 aromatic heterocycles. The third-order valence-electron chi connectivity index (χ3n) is 4.86. The minimum Gasteiger partial charge on any atom is -0.347 e. The molecule has 3 saturated heterocycles. The number of hydrogen-bond acceptors (Lipinski definition) is 3. The monoisotopic (exact) mass is 348 g/mol. The van der Waals surface area contributed by atoms with Crippen molar-refractivity contribution in [2.75, 3.05) is 19.6 Å². The Morgan fingerprint density at radius 1 is 1.09 bits per heavy atom. The lowest BCUT2D eigenvalue weighted by Crippen LogP contribution is -2.57. The summed E-state index contributed by atoms with van der Waals surface area (Å²) >= 11 is 1.58. The number of halogens is 1. The highest BCUT2D eigenvalue weighted by molar-refractivity contribution is 7.17. The minimum absolute atomic E-state index is 0. The Morgan fingerprint density at radius 3 is 2.48 bits per heavy atom. The van der Waals surface area contributed by atoms with Crippen LogP contribution in [0.3, 0.4) is 0 Å². The summed E-state index contributed by atoms with van der Waals surface area (Å²) in [6.07, 6.45) is 2.45. The fraction of sp³-hybridized carbons (Fsp3) is 0.389. The highest BCUT2D eigenvalue weighted by Gasteiger charge is 2.35. The van der Waals surface area contributed by atoms with Gasteiger partial charge in [-0.2, -0.15) is 0 Å². The Balaban J connectivity index is 0.00000156. The molecule has 5 heteroatoms. The zero-order valence-electron chi connectivity index (χ0n) is 12.9. The Morgan fingerprint density at radius 2 is 1.83 bits per heavy atom. The molecule has 0 aliphatic carbocycles. The number of benzene rings is 1. The number of carbonyl (C=O) groups is 1. The molecule has 2 bridgehead atoms. The number of nitrogens with one attached hydrogen (secondary N) is 1. The second-order valence-corrected chi connectivity index (χ2v) is 7.33. The average molecular weight is 349 g/mol. The molecule has 3 aliphatic rings. The molecule has 0 saturated carbocycles. The number of piperidine rings is 3. The Labute approximate surface area is 147 Å². The van der Waals surface area contributed by atoms with Crippen molar-refractivity contribution in [3.8, 4) is 10.4 Å². The molecule has 0 radical (unpaired) electrons. The van der Waals surface area contributed by atoms with Crippen LogP contribution in [-0.4, -0.2) is 36.5 Å². The van der Waals surface area contributed by atoms with Crippen molar-refractivity contribution in [3.63, 3.8) is 0 Å². The van der Waals surface area contributed by atoms with Gasteiger partial charge in [0.1, 0.15) is 0 Å². The Bertz CT molecular complexity index is 665. The van der Waals surface area contributed by atoms with E-state index >= 15 is 0 Å². The molecule has 1 amide bonds. The summed E-state index contributed by atoms with van der Waals surface area (Å²) in [5.74, 6) is 0.758. The van der Waals surface area contributed by atoms with Gasteiger partial charge in [-0.05, 0) is 49.5 Å². The van der Waals surface area contributed by atoms with E-state index in [1.54, 1.807) is 11.3 Å². The van der Waals surface area contributed by atoms with Crippen LogP contribution in [0.4, 0.5) is 0 Å². The summed E-state index contributed by atoms with van der Waals surface area (Å²) < 4.78 is 0. The number of fused-ring (bicyclic) bond motifs is 3. The van der Waals surface area contributed by atoms with Crippen molar-refractivity contribution < 1.29 is 4.79 Å². The summed E-state index contributed by atoms with van der Waals surface area (Å²) in [5, 5.41) is 3.26. The van der Waals surface area contributed by atoms with Crippen molar-refractivity contribution in [1.82, 2.24) is 10.2 Å². The highest BCUT2D eigenvalue weighted by atomic mass is 35.5. The number of hydrogen-bond donors (Lipinski definition) is 1. The van der Waals surface area contributed by atoms with Crippen LogP contribution in [0.15, 0.2) is 42.5 Å². The molecule has 3 nitrogen and oxygen atoms in total. The first-order valence-electron chi connectivity index (χ1n) is 7.98. The predicted molar refractivity (Wildman–Crippen MR) is 97.4 cm³/mol. The number of amides is 1. The van der Waals surface area contributed by atoms with Crippen LogP contribution in [0.2, 0.25) is 0 Å². The normalized spacial score (nSPS) is 25.7. The molecule has 23 heavy (non-hydrogen) atoms. The van der Waals surface area contributed by atoms with E-state index < -0.39 is 0 Å².